The molecular formula is C18H25N3O3. The molecule has 1 amide bonds. The van der Waals surface area contributed by atoms with Gasteiger partial charge in [0.15, 0.2) is 0 Å². The van der Waals surface area contributed by atoms with Gasteiger partial charge in [0.2, 0.25) is 0 Å². The molecule has 1 aromatic rings. The van der Waals surface area contributed by atoms with Gasteiger partial charge in [0, 0.05) is 24.2 Å². The first kappa shape index (κ1) is 18.0. The average Bonchev–Trinajstić information content (AvgIpc) is 2.51. The van der Waals surface area contributed by atoms with Crippen LogP contribution in [0.5, 0.6) is 5.75 Å². The van der Waals surface area contributed by atoms with Crippen LogP contribution in [0.25, 0.3) is 0 Å². The Morgan fingerprint density at radius 2 is 1.96 bits per heavy atom. The number of nitrogens with one attached hydrogen (secondary N) is 2. The SMILES string of the molecule is CCOc1ccc(NCC(=O)NN=C2CC(=O)CC(C)(C)C2)cc1. The zero-order valence-corrected chi connectivity index (χ0v) is 14.5. The molecule has 0 saturated heterocycles. The van der Waals surface area contributed by atoms with E-state index in [1.807, 2.05) is 45.0 Å². The first-order valence-corrected chi connectivity index (χ1v) is 8.21. The van der Waals surface area contributed by atoms with Crippen molar-refractivity contribution in [3.05, 3.63) is 24.3 Å². The van der Waals surface area contributed by atoms with Crippen LogP contribution >= 0.6 is 0 Å². The summed E-state index contributed by atoms with van der Waals surface area (Å²) in [6.07, 6.45) is 1.63. The number of anilines is 1. The lowest BCUT2D eigenvalue weighted by molar-refractivity contribution is -0.121. The van der Waals surface area contributed by atoms with Crippen LogP contribution in [0.4, 0.5) is 5.69 Å². The van der Waals surface area contributed by atoms with Gasteiger partial charge >= 0.3 is 0 Å². The van der Waals surface area contributed by atoms with Gasteiger partial charge in [0.25, 0.3) is 5.91 Å². The molecule has 1 aliphatic rings. The summed E-state index contributed by atoms with van der Waals surface area (Å²) in [4.78, 5) is 23.6. The van der Waals surface area contributed by atoms with Gasteiger partial charge in [0.05, 0.1) is 13.2 Å². The summed E-state index contributed by atoms with van der Waals surface area (Å²) in [5.41, 5.74) is 4.01. The summed E-state index contributed by atoms with van der Waals surface area (Å²) < 4.78 is 5.37. The molecule has 0 radical (unpaired) electrons. The van der Waals surface area contributed by atoms with Crippen LogP contribution < -0.4 is 15.5 Å². The average molecular weight is 331 g/mol. The van der Waals surface area contributed by atoms with E-state index in [1.54, 1.807) is 0 Å². The molecule has 1 aromatic carbocycles. The molecule has 0 heterocycles. The third-order valence-corrected chi connectivity index (χ3v) is 3.72. The maximum atomic E-state index is 11.9. The molecule has 0 bridgehead atoms. The molecule has 1 aliphatic carbocycles. The smallest absolute Gasteiger partial charge is 0.259 e. The number of ether oxygens (including phenoxy) is 1. The van der Waals surface area contributed by atoms with E-state index in [4.69, 9.17) is 4.74 Å². The van der Waals surface area contributed by atoms with Crippen LogP contribution in [0.3, 0.4) is 0 Å². The normalized spacial score (nSPS) is 18.3. The van der Waals surface area contributed by atoms with Crippen LogP contribution in [0.2, 0.25) is 0 Å². The van der Waals surface area contributed by atoms with Crippen molar-refractivity contribution in [2.45, 2.75) is 40.0 Å². The number of hydrazone groups is 1. The van der Waals surface area contributed by atoms with Gasteiger partial charge < -0.3 is 10.1 Å². The summed E-state index contributed by atoms with van der Waals surface area (Å²) in [7, 11) is 0. The number of amides is 1. The largest absolute Gasteiger partial charge is 0.494 e. The molecule has 2 rings (SSSR count). The van der Waals surface area contributed by atoms with E-state index >= 15 is 0 Å². The van der Waals surface area contributed by atoms with Crippen molar-refractivity contribution in [1.29, 1.82) is 0 Å². The first-order valence-electron chi connectivity index (χ1n) is 8.21. The van der Waals surface area contributed by atoms with Gasteiger partial charge in [-0.3, -0.25) is 9.59 Å². The van der Waals surface area contributed by atoms with E-state index in [0.29, 0.717) is 19.4 Å². The minimum atomic E-state index is -0.243. The maximum Gasteiger partial charge on any atom is 0.259 e. The minimum Gasteiger partial charge on any atom is -0.494 e. The molecular weight excluding hydrogens is 306 g/mol. The second-order valence-corrected chi connectivity index (χ2v) is 6.76. The zero-order chi connectivity index (χ0) is 17.6. The van der Waals surface area contributed by atoms with E-state index in [2.05, 4.69) is 15.8 Å². The van der Waals surface area contributed by atoms with E-state index in [0.717, 1.165) is 23.6 Å². The molecule has 0 unspecified atom stereocenters. The van der Waals surface area contributed by atoms with Gasteiger partial charge in [-0.25, -0.2) is 5.43 Å². The highest BCUT2D eigenvalue weighted by Crippen LogP contribution is 2.31. The quantitative estimate of drug-likeness (QED) is 0.786. The second kappa shape index (κ2) is 7.95. The molecule has 0 aliphatic heterocycles. The highest BCUT2D eigenvalue weighted by atomic mass is 16.5. The number of hydrogen-bond donors (Lipinski definition) is 2. The lowest BCUT2D eigenvalue weighted by Crippen LogP contribution is -2.32. The van der Waals surface area contributed by atoms with Gasteiger partial charge in [0.1, 0.15) is 11.5 Å². The number of Topliss-reactive ketones (excluding diaryl/α,β-unsaturated/α-hetero) is 1. The van der Waals surface area contributed by atoms with E-state index in [9.17, 15) is 9.59 Å². The van der Waals surface area contributed by atoms with Crippen molar-refractivity contribution in [3.63, 3.8) is 0 Å². The van der Waals surface area contributed by atoms with E-state index < -0.39 is 0 Å². The lowest BCUT2D eigenvalue weighted by atomic mass is 9.76. The molecule has 24 heavy (non-hydrogen) atoms. The molecule has 130 valence electrons. The Kier molecular flexibility index (Phi) is 5.95. The Morgan fingerprint density at radius 3 is 2.58 bits per heavy atom. The highest BCUT2D eigenvalue weighted by molar-refractivity contribution is 6.05. The fourth-order valence-corrected chi connectivity index (χ4v) is 2.78. The number of nitrogens with zero attached hydrogens (tertiary/aromatic N) is 1. The van der Waals surface area contributed by atoms with Crippen molar-refractivity contribution in [2.24, 2.45) is 10.5 Å². The number of rotatable bonds is 6. The number of benzene rings is 1. The molecule has 0 atom stereocenters. The maximum absolute atomic E-state index is 11.9. The standard InChI is InChI=1S/C18H25N3O3/c1-4-24-16-7-5-13(6-8-16)19-12-17(23)21-20-14-9-15(22)11-18(2,3)10-14/h5-8,19H,4,9-12H2,1-3H3,(H,21,23). The zero-order valence-electron chi connectivity index (χ0n) is 14.5. The predicted octanol–water partition coefficient (Wildman–Crippen LogP) is 2.75. The summed E-state index contributed by atoms with van der Waals surface area (Å²) >= 11 is 0. The monoisotopic (exact) mass is 331 g/mol. The summed E-state index contributed by atoms with van der Waals surface area (Å²) in [5, 5.41) is 7.14. The second-order valence-electron chi connectivity index (χ2n) is 6.76. The van der Waals surface area contributed by atoms with E-state index in [1.165, 1.54) is 0 Å². The molecule has 1 saturated carbocycles. The predicted molar refractivity (Wildman–Crippen MR) is 94.3 cm³/mol. The minimum absolute atomic E-state index is 0.0839. The summed E-state index contributed by atoms with van der Waals surface area (Å²) in [6, 6.07) is 7.40. The van der Waals surface area contributed by atoms with Gasteiger partial charge in [-0.05, 0) is 43.0 Å². The van der Waals surface area contributed by atoms with Crippen LogP contribution in [0.1, 0.15) is 40.0 Å². The van der Waals surface area contributed by atoms with Crippen LogP contribution in [-0.2, 0) is 9.59 Å². The molecule has 6 heteroatoms. The molecule has 2 N–H and O–H groups in total. The fraction of sp³-hybridized carbons (Fsp3) is 0.500. The van der Waals surface area contributed by atoms with Crippen molar-refractivity contribution in [2.75, 3.05) is 18.5 Å². The van der Waals surface area contributed by atoms with Crippen molar-refractivity contribution in [3.8, 4) is 5.75 Å². The van der Waals surface area contributed by atoms with E-state index in [-0.39, 0.29) is 23.7 Å². The highest BCUT2D eigenvalue weighted by Gasteiger charge is 2.30. The van der Waals surface area contributed by atoms with Crippen LogP contribution in [0.15, 0.2) is 29.4 Å². The third kappa shape index (κ3) is 5.68. The van der Waals surface area contributed by atoms with Crippen molar-refractivity contribution < 1.29 is 14.3 Å². The number of carbonyl (C=O) groups excluding carboxylic acids is 2. The Labute approximate surface area is 142 Å². The molecule has 0 aromatic heterocycles. The molecule has 6 nitrogen and oxygen atoms in total. The topological polar surface area (TPSA) is 79.8 Å². The molecule has 1 fully saturated rings. The van der Waals surface area contributed by atoms with Crippen molar-refractivity contribution >= 4 is 23.1 Å². The van der Waals surface area contributed by atoms with Crippen LogP contribution in [0, 0.1) is 5.41 Å². The van der Waals surface area contributed by atoms with Crippen molar-refractivity contribution in [1.82, 2.24) is 5.43 Å². The Balaban J connectivity index is 1.80. The Hall–Kier alpha value is -2.37. The fourth-order valence-electron chi connectivity index (χ4n) is 2.78. The summed E-state index contributed by atoms with van der Waals surface area (Å²) in [6.45, 7) is 6.74. The van der Waals surface area contributed by atoms with Gasteiger partial charge in [-0.15, -0.1) is 0 Å². The lowest BCUT2D eigenvalue weighted by Gasteiger charge is -2.29. The Morgan fingerprint density at radius 1 is 1.25 bits per heavy atom. The summed E-state index contributed by atoms with van der Waals surface area (Å²) in [5.74, 6) is 0.724. The number of carbonyl (C=O) groups is 2. The number of ketones is 1. The van der Waals surface area contributed by atoms with Gasteiger partial charge in [-0.1, -0.05) is 13.8 Å². The van der Waals surface area contributed by atoms with Crippen LogP contribution in [-0.4, -0.2) is 30.6 Å². The first-order chi connectivity index (χ1) is 11.4. The van der Waals surface area contributed by atoms with Gasteiger partial charge in [-0.2, -0.15) is 5.10 Å². The third-order valence-electron chi connectivity index (χ3n) is 3.72. The molecule has 0 spiro atoms. The number of hydrogen-bond acceptors (Lipinski definition) is 5. The Bertz CT molecular complexity index is 621.